The van der Waals surface area contributed by atoms with Crippen LogP contribution in [-0.2, 0) is 6.42 Å². The Labute approximate surface area is 160 Å². The average Bonchev–Trinajstić information content (AvgIpc) is 3.06. The molecule has 7 nitrogen and oxygen atoms in total. The summed E-state index contributed by atoms with van der Waals surface area (Å²) < 4.78 is 13.0. The van der Waals surface area contributed by atoms with Gasteiger partial charge >= 0.3 is 0 Å². The Bertz CT molecular complexity index is 1040. The Hall–Kier alpha value is -2.80. The van der Waals surface area contributed by atoms with Crippen LogP contribution in [0.3, 0.4) is 0 Å². The summed E-state index contributed by atoms with van der Waals surface area (Å²) in [5.41, 5.74) is 1.13. The highest BCUT2D eigenvalue weighted by Crippen LogP contribution is 2.33. The van der Waals surface area contributed by atoms with E-state index in [4.69, 9.17) is 21.1 Å². The lowest BCUT2D eigenvalue weighted by molar-refractivity contribution is 0.171. The van der Waals surface area contributed by atoms with E-state index in [0.717, 1.165) is 17.9 Å². The highest BCUT2D eigenvalue weighted by molar-refractivity contribution is 6.30. The number of benzene rings is 1. The largest absolute Gasteiger partial charge is 0.486 e. The Morgan fingerprint density at radius 2 is 2.00 bits per heavy atom. The zero-order chi connectivity index (χ0) is 19.0. The highest BCUT2D eigenvalue weighted by atomic mass is 35.5. The molecule has 4 rings (SSSR count). The number of aromatic nitrogens is 4. The first kappa shape index (κ1) is 17.6. The van der Waals surface area contributed by atoms with Crippen molar-refractivity contribution >= 4 is 11.6 Å². The first-order chi connectivity index (χ1) is 13.0. The molecule has 3 aromatic rings. The van der Waals surface area contributed by atoms with Crippen LogP contribution in [0.15, 0.2) is 35.3 Å². The van der Waals surface area contributed by atoms with Crippen molar-refractivity contribution in [2.24, 2.45) is 5.92 Å². The number of ether oxygens (including phenoxy) is 2. The summed E-state index contributed by atoms with van der Waals surface area (Å²) in [5, 5.41) is 4.78. The van der Waals surface area contributed by atoms with E-state index < -0.39 is 0 Å². The number of pyridine rings is 1. The second kappa shape index (κ2) is 7.08. The van der Waals surface area contributed by atoms with Gasteiger partial charge in [-0.05, 0) is 24.1 Å². The molecular weight excluding hydrogens is 368 g/mol. The molecule has 8 heteroatoms. The van der Waals surface area contributed by atoms with Crippen LogP contribution in [0.2, 0.25) is 5.02 Å². The molecule has 0 aliphatic carbocycles. The zero-order valence-electron chi connectivity index (χ0n) is 15.0. The predicted octanol–water partition coefficient (Wildman–Crippen LogP) is 3.25. The molecule has 2 aromatic heterocycles. The molecule has 1 aliphatic rings. The second-order valence-electron chi connectivity index (χ2n) is 6.75. The fourth-order valence-corrected chi connectivity index (χ4v) is 3.09. The van der Waals surface area contributed by atoms with Crippen molar-refractivity contribution in [2.75, 3.05) is 13.2 Å². The third-order valence-electron chi connectivity index (χ3n) is 4.13. The van der Waals surface area contributed by atoms with Gasteiger partial charge in [0.05, 0.1) is 5.69 Å². The van der Waals surface area contributed by atoms with Gasteiger partial charge < -0.3 is 14.5 Å². The number of rotatable bonds is 4. The molecule has 0 amide bonds. The Morgan fingerprint density at radius 3 is 2.74 bits per heavy atom. The molecule has 1 aliphatic heterocycles. The van der Waals surface area contributed by atoms with Gasteiger partial charge in [0.2, 0.25) is 0 Å². The van der Waals surface area contributed by atoms with E-state index in [1.165, 1.54) is 0 Å². The van der Waals surface area contributed by atoms with Crippen LogP contribution in [0.5, 0.6) is 11.5 Å². The molecule has 0 atom stereocenters. The first-order valence-corrected chi connectivity index (χ1v) is 9.13. The molecular formula is C19H19ClN4O3. The maximum atomic E-state index is 11.6. The topological polar surface area (TPSA) is 82.0 Å². The lowest BCUT2D eigenvalue weighted by Crippen LogP contribution is -2.15. The minimum absolute atomic E-state index is 0.106. The molecule has 140 valence electrons. The van der Waals surface area contributed by atoms with Crippen LogP contribution >= 0.6 is 11.6 Å². The van der Waals surface area contributed by atoms with Gasteiger partial charge in [-0.25, -0.2) is 9.67 Å². The summed E-state index contributed by atoms with van der Waals surface area (Å²) in [4.78, 5) is 18.9. The number of fused-ring (bicyclic) bond motifs is 1. The number of hydrogen-bond acceptors (Lipinski definition) is 5. The van der Waals surface area contributed by atoms with Crippen LogP contribution in [0.1, 0.15) is 19.7 Å². The molecule has 1 aromatic carbocycles. The van der Waals surface area contributed by atoms with Gasteiger partial charge in [0.25, 0.3) is 5.56 Å². The molecule has 0 saturated carbocycles. The van der Waals surface area contributed by atoms with E-state index in [1.807, 2.05) is 18.2 Å². The maximum Gasteiger partial charge on any atom is 0.266 e. The summed E-state index contributed by atoms with van der Waals surface area (Å²) in [6.07, 6.45) is 2.33. The van der Waals surface area contributed by atoms with Gasteiger partial charge in [-0.3, -0.25) is 4.79 Å². The van der Waals surface area contributed by atoms with Crippen LogP contribution in [0, 0.1) is 5.92 Å². The molecule has 1 N–H and O–H groups in total. The molecule has 0 radical (unpaired) electrons. The monoisotopic (exact) mass is 386 g/mol. The summed E-state index contributed by atoms with van der Waals surface area (Å²) >= 11 is 6.01. The number of hydrogen-bond donors (Lipinski definition) is 1. The van der Waals surface area contributed by atoms with Crippen molar-refractivity contribution in [1.29, 1.82) is 0 Å². The molecule has 0 unspecified atom stereocenters. The van der Waals surface area contributed by atoms with Crippen LogP contribution < -0.4 is 15.0 Å². The van der Waals surface area contributed by atoms with Gasteiger partial charge in [-0.1, -0.05) is 25.4 Å². The van der Waals surface area contributed by atoms with Gasteiger partial charge in [-0.15, -0.1) is 0 Å². The second-order valence-corrected chi connectivity index (χ2v) is 7.16. The van der Waals surface area contributed by atoms with Crippen LogP contribution in [0.4, 0.5) is 0 Å². The molecule has 0 bridgehead atoms. The van der Waals surface area contributed by atoms with Gasteiger partial charge in [0, 0.05) is 24.2 Å². The lowest BCUT2D eigenvalue weighted by Gasteiger charge is -2.19. The van der Waals surface area contributed by atoms with Gasteiger partial charge in [0.1, 0.15) is 18.2 Å². The zero-order valence-corrected chi connectivity index (χ0v) is 15.8. The minimum atomic E-state index is -0.340. The third-order valence-corrected chi connectivity index (χ3v) is 4.41. The Balaban J connectivity index is 1.84. The van der Waals surface area contributed by atoms with E-state index >= 15 is 0 Å². The summed E-state index contributed by atoms with van der Waals surface area (Å²) in [6.45, 7) is 5.27. The number of H-pyrrole nitrogens is 1. The highest BCUT2D eigenvalue weighted by Gasteiger charge is 2.18. The Kier molecular flexibility index (Phi) is 4.61. The fourth-order valence-electron chi connectivity index (χ4n) is 2.92. The standard InChI is InChI=1S/C19H19ClN4O3/c1-11(2)7-17-22-18(12-8-14(20)19(25)21-10-12)24(23-17)13-3-4-15-16(9-13)27-6-5-26-15/h3-4,8-11H,5-7H2,1-2H3,(H,21,25). The van der Waals surface area contributed by atoms with E-state index in [0.29, 0.717) is 42.0 Å². The smallest absolute Gasteiger partial charge is 0.266 e. The fraction of sp³-hybridized carbons (Fsp3) is 0.316. The predicted molar refractivity (Wildman–Crippen MR) is 102 cm³/mol. The van der Waals surface area contributed by atoms with E-state index in [-0.39, 0.29) is 10.6 Å². The van der Waals surface area contributed by atoms with Crippen molar-refractivity contribution in [3.8, 4) is 28.6 Å². The quantitative estimate of drug-likeness (QED) is 0.744. The minimum Gasteiger partial charge on any atom is -0.486 e. The molecule has 0 fully saturated rings. The van der Waals surface area contributed by atoms with E-state index in [9.17, 15) is 4.79 Å². The van der Waals surface area contributed by atoms with Crippen LogP contribution in [0.25, 0.3) is 17.1 Å². The first-order valence-electron chi connectivity index (χ1n) is 8.76. The normalized spacial score (nSPS) is 13.2. The molecule has 3 heterocycles. The average molecular weight is 387 g/mol. The molecule has 0 spiro atoms. The van der Waals surface area contributed by atoms with Crippen molar-refractivity contribution in [2.45, 2.75) is 20.3 Å². The van der Waals surface area contributed by atoms with Crippen LogP contribution in [-0.4, -0.2) is 33.0 Å². The van der Waals surface area contributed by atoms with Gasteiger partial charge in [-0.2, -0.15) is 5.10 Å². The summed E-state index contributed by atoms with van der Waals surface area (Å²) in [5.74, 6) is 3.11. The van der Waals surface area contributed by atoms with Gasteiger partial charge in [0.15, 0.2) is 23.1 Å². The van der Waals surface area contributed by atoms with Crippen molar-refractivity contribution in [3.05, 3.63) is 51.7 Å². The number of nitrogens with one attached hydrogen (secondary N) is 1. The SMILES string of the molecule is CC(C)Cc1nc(-c2c[nH]c(=O)c(Cl)c2)n(-c2ccc3c(c2)OCCO3)n1. The van der Waals surface area contributed by atoms with Crippen molar-refractivity contribution in [3.63, 3.8) is 0 Å². The number of aromatic amines is 1. The number of halogens is 1. The summed E-state index contributed by atoms with van der Waals surface area (Å²) in [6, 6.07) is 7.23. The number of nitrogens with zero attached hydrogens (tertiary/aromatic N) is 3. The molecule has 0 saturated heterocycles. The maximum absolute atomic E-state index is 11.6. The summed E-state index contributed by atoms with van der Waals surface area (Å²) in [7, 11) is 0. The van der Waals surface area contributed by atoms with Crippen molar-refractivity contribution < 1.29 is 9.47 Å². The Morgan fingerprint density at radius 1 is 1.22 bits per heavy atom. The van der Waals surface area contributed by atoms with E-state index in [1.54, 1.807) is 16.9 Å². The van der Waals surface area contributed by atoms with Crippen molar-refractivity contribution in [1.82, 2.24) is 19.7 Å². The van der Waals surface area contributed by atoms with E-state index in [2.05, 4.69) is 28.9 Å². The molecule has 27 heavy (non-hydrogen) atoms. The third kappa shape index (κ3) is 3.55. The lowest BCUT2D eigenvalue weighted by atomic mass is 10.1.